The Morgan fingerprint density at radius 2 is 2.00 bits per heavy atom. The number of benzene rings is 1. The van der Waals surface area contributed by atoms with Crippen molar-refractivity contribution in [1.29, 1.82) is 0 Å². The van der Waals surface area contributed by atoms with Crippen LogP contribution >= 0.6 is 0 Å². The molecule has 84 valence electrons. The Balaban J connectivity index is 2.02. The average Bonchev–Trinajstić information content (AvgIpc) is 2.65. The summed E-state index contributed by atoms with van der Waals surface area (Å²) < 4.78 is 12.7. The van der Waals surface area contributed by atoms with Crippen molar-refractivity contribution in [3.63, 3.8) is 0 Å². The molecule has 1 fully saturated rings. The van der Waals surface area contributed by atoms with Crippen LogP contribution in [0.1, 0.15) is 36.0 Å². The number of hydrogen-bond donors (Lipinski definition) is 0. The van der Waals surface area contributed by atoms with Gasteiger partial charge in [0.25, 0.3) is 0 Å². The van der Waals surface area contributed by atoms with Crippen molar-refractivity contribution in [3.8, 4) is 0 Å². The summed E-state index contributed by atoms with van der Waals surface area (Å²) in [5.74, 6) is -0.346. The lowest BCUT2D eigenvalue weighted by Gasteiger charge is -2.06. The molecule has 0 spiro atoms. The van der Waals surface area contributed by atoms with Crippen LogP contribution in [0, 0.1) is 11.7 Å². The maximum atomic E-state index is 12.7. The lowest BCUT2D eigenvalue weighted by Crippen LogP contribution is -2.12. The van der Waals surface area contributed by atoms with Crippen molar-refractivity contribution in [1.82, 2.24) is 0 Å². The van der Waals surface area contributed by atoms with Crippen LogP contribution in [0.2, 0.25) is 0 Å². The summed E-state index contributed by atoms with van der Waals surface area (Å²) in [5, 5.41) is 0. The van der Waals surface area contributed by atoms with Crippen LogP contribution in [0.4, 0.5) is 4.39 Å². The van der Waals surface area contributed by atoms with Crippen molar-refractivity contribution < 1.29 is 14.0 Å². The number of carbonyl (C=O) groups is 2. The van der Waals surface area contributed by atoms with Crippen molar-refractivity contribution in [2.24, 2.45) is 5.92 Å². The summed E-state index contributed by atoms with van der Waals surface area (Å²) in [6, 6.07) is 5.47. The predicted octanol–water partition coefficient (Wildman–Crippen LogP) is 2.77. The summed E-state index contributed by atoms with van der Waals surface area (Å²) in [6.45, 7) is 0. The molecule has 1 aliphatic rings. The van der Waals surface area contributed by atoms with E-state index in [-0.39, 0.29) is 29.7 Å². The highest BCUT2D eigenvalue weighted by atomic mass is 19.1. The fraction of sp³-hybridized carbons (Fsp3) is 0.385. The molecule has 3 heteroatoms. The zero-order valence-electron chi connectivity index (χ0n) is 8.91. The normalized spacial score (nSPS) is 20.1. The largest absolute Gasteiger partial charge is 0.299 e. The van der Waals surface area contributed by atoms with Gasteiger partial charge in [0.1, 0.15) is 11.6 Å². The number of halogens is 1. The molecule has 0 N–H and O–H groups in total. The maximum absolute atomic E-state index is 12.7. The Labute approximate surface area is 93.5 Å². The highest BCUT2D eigenvalue weighted by Gasteiger charge is 2.26. The van der Waals surface area contributed by atoms with E-state index in [2.05, 4.69) is 0 Å². The first kappa shape index (κ1) is 11.0. The van der Waals surface area contributed by atoms with E-state index in [1.807, 2.05) is 0 Å². The molecule has 2 rings (SSSR count). The minimum atomic E-state index is -0.353. The van der Waals surface area contributed by atoms with Gasteiger partial charge >= 0.3 is 0 Å². The van der Waals surface area contributed by atoms with Gasteiger partial charge in [0.2, 0.25) is 0 Å². The third-order valence-electron chi connectivity index (χ3n) is 3.03. The van der Waals surface area contributed by atoms with Gasteiger partial charge in [-0.1, -0.05) is 0 Å². The number of hydrogen-bond acceptors (Lipinski definition) is 2. The van der Waals surface area contributed by atoms with Crippen molar-refractivity contribution in [3.05, 3.63) is 35.6 Å². The molecule has 1 saturated carbocycles. The molecule has 1 aliphatic carbocycles. The average molecular weight is 220 g/mol. The lowest BCUT2D eigenvalue weighted by atomic mass is 9.96. The predicted molar refractivity (Wildman–Crippen MR) is 57.7 cm³/mol. The van der Waals surface area contributed by atoms with Crippen LogP contribution < -0.4 is 0 Å². The molecule has 0 radical (unpaired) electrons. The van der Waals surface area contributed by atoms with Crippen molar-refractivity contribution >= 4 is 11.6 Å². The Morgan fingerprint density at radius 1 is 1.31 bits per heavy atom. The molecular weight excluding hydrogens is 207 g/mol. The smallest absolute Gasteiger partial charge is 0.163 e. The molecule has 0 aliphatic heterocycles. The minimum Gasteiger partial charge on any atom is -0.299 e. The Hall–Kier alpha value is -1.51. The van der Waals surface area contributed by atoms with Gasteiger partial charge in [0.05, 0.1) is 0 Å². The highest BCUT2D eigenvalue weighted by molar-refractivity contribution is 5.99. The topological polar surface area (TPSA) is 34.1 Å². The molecule has 0 aromatic heterocycles. The van der Waals surface area contributed by atoms with Gasteiger partial charge in [-0.2, -0.15) is 0 Å². The molecule has 1 atom stereocenters. The fourth-order valence-electron chi connectivity index (χ4n) is 2.08. The molecule has 0 heterocycles. The van der Waals surface area contributed by atoms with E-state index in [1.54, 1.807) is 0 Å². The maximum Gasteiger partial charge on any atom is 0.163 e. The molecule has 2 nitrogen and oxygen atoms in total. The number of rotatable bonds is 3. The van der Waals surface area contributed by atoms with Gasteiger partial charge in [-0.15, -0.1) is 0 Å². The second-order valence-electron chi connectivity index (χ2n) is 4.19. The molecule has 1 aromatic carbocycles. The number of Topliss-reactive ketones (excluding diaryl/α,β-unsaturated/α-hetero) is 2. The van der Waals surface area contributed by atoms with Crippen LogP contribution in [0.15, 0.2) is 24.3 Å². The summed E-state index contributed by atoms with van der Waals surface area (Å²) in [5.41, 5.74) is 0.487. The van der Waals surface area contributed by atoms with Crippen molar-refractivity contribution in [2.75, 3.05) is 0 Å². The first-order valence-corrected chi connectivity index (χ1v) is 5.48. The van der Waals surface area contributed by atoms with E-state index >= 15 is 0 Å². The van der Waals surface area contributed by atoms with Gasteiger partial charge in [-0.05, 0) is 37.1 Å². The van der Waals surface area contributed by atoms with Crippen LogP contribution in [0.5, 0.6) is 0 Å². The monoisotopic (exact) mass is 220 g/mol. The molecule has 16 heavy (non-hydrogen) atoms. The van der Waals surface area contributed by atoms with Gasteiger partial charge in [0, 0.05) is 24.3 Å². The summed E-state index contributed by atoms with van der Waals surface area (Å²) in [6.07, 6.45) is 2.57. The summed E-state index contributed by atoms with van der Waals surface area (Å²) in [4.78, 5) is 23.2. The fourth-order valence-corrected chi connectivity index (χ4v) is 2.08. The van der Waals surface area contributed by atoms with E-state index in [4.69, 9.17) is 0 Å². The molecule has 0 bridgehead atoms. The summed E-state index contributed by atoms with van der Waals surface area (Å²) >= 11 is 0. The number of ketones is 2. The molecule has 1 aromatic rings. The summed E-state index contributed by atoms with van der Waals surface area (Å²) in [7, 11) is 0. The first-order chi connectivity index (χ1) is 7.66. The Bertz CT molecular complexity index is 408. The van der Waals surface area contributed by atoms with Gasteiger partial charge in [-0.25, -0.2) is 4.39 Å². The standard InChI is InChI=1S/C13H13FO2/c14-11-6-4-9(5-7-11)13(16)8-10-2-1-3-12(10)15/h4-7,10H,1-3,8H2/t10-/m1/s1. The highest BCUT2D eigenvalue weighted by Crippen LogP contribution is 2.25. The zero-order chi connectivity index (χ0) is 11.5. The van der Waals surface area contributed by atoms with E-state index in [0.717, 1.165) is 12.8 Å². The SMILES string of the molecule is O=C(C[C@H]1CCCC1=O)c1ccc(F)cc1. The van der Waals surface area contributed by atoms with Crippen molar-refractivity contribution in [2.45, 2.75) is 25.7 Å². The zero-order valence-corrected chi connectivity index (χ0v) is 8.91. The van der Waals surface area contributed by atoms with Crippen LogP contribution in [0.3, 0.4) is 0 Å². The third-order valence-corrected chi connectivity index (χ3v) is 3.03. The molecule has 0 amide bonds. The van der Waals surface area contributed by atoms with E-state index in [0.29, 0.717) is 12.0 Å². The van der Waals surface area contributed by atoms with Gasteiger partial charge < -0.3 is 0 Å². The molecular formula is C13H13FO2. The Morgan fingerprint density at radius 3 is 2.56 bits per heavy atom. The molecule has 0 unspecified atom stereocenters. The van der Waals surface area contributed by atoms with E-state index in [9.17, 15) is 14.0 Å². The van der Waals surface area contributed by atoms with E-state index in [1.165, 1.54) is 24.3 Å². The lowest BCUT2D eigenvalue weighted by molar-refractivity contribution is -0.120. The van der Waals surface area contributed by atoms with Gasteiger partial charge in [0.15, 0.2) is 5.78 Å². The Kier molecular flexibility index (Phi) is 3.13. The molecule has 0 saturated heterocycles. The van der Waals surface area contributed by atoms with Crippen LogP contribution in [-0.2, 0) is 4.79 Å². The third kappa shape index (κ3) is 2.35. The van der Waals surface area contributed by atoms with Gasteiger partial charge in [-0.3, -0.25) is 9.59 Å². The second kappa shape index (κ2) is 4.56. The minimum absolute atomic E-state index is 0.0692. The number of carbonyl (C=O) groups excluding carboxylic acids is 2. The van der Waals surface area contributed by atoms with Crippen LogP contribution in [0.25, 0.3) is 0 Å². The first-order valence-electron chi connectivity index (χ1n) is 5.48. The van der Waals surface area contributed by atoms with Crippen LogP contribution in [-0.4, -0.2) is 11.6 Å². The quantitative estimate of drug-likeness (QED) is 0.734. The second-order valence-corrected chi connectivity index (χ2v) is 4.19. The van der Waals surface area contributed by atoms with E-state index < -0.39 is 0 Å².